The molecule has 2 fully saturated rings. The maximum atomic E-state index is 15.0. The topological polar surface area (TPSA) is 63.9 Å². The van der Waals surface area contributed by atoms with E-state index >= 15 is 4.39 Å². The number of aromatic nitrogens is 4. The molecule has 2 aliphatic rings. The van der Waals surface area contributed by atoms with Crippen LogP contribution in [0.5, 0.6) is 0 Å². The summed E-state index contributed by atoms with van der Waals surface area (Å²) >= 11 is 0. The van der Waals surface area contributed by atoms with Gasteiger partial charge in [-0.1, -0.05) is 6.07 Å². The number of nitrogens with zero attached hydrogens (tertiary/aromatic N) is 5. The maximum absolute atomic E-state index is 15.0. The normalized spacial score (nSPS) is 21.9. The smallest absolute Gasteiger partial charge is 0.332 e. The van der Waals surface area contributed by atoms with Gasteiger partial charge in [0, 0.05) is 18.3 Å². The van der Waals surface area contributed by atoms with E-state index in [0.717, 1.165) is 11.2 Å². The van der Waals surface area contributed by atoms with Gasteiger partial charge in [-0.2, -0.15) is 23.4 Å². The van der Waals surface area contributed by atoms with Crippen molar-refractivity contribution in [2.45, 2.75) is 50.9 Å². The van der Waals surface area contributed by atoms with Gasteiger partial charge in [-0.15, -0.1) is 4.80 Å². The third-order valence-electron chi connectivity index (χ3n) is 6.76. The van der Waals surface area contributed by atoms with Crippen LogP contribution in [0.15, 0.2) is 36.8 Å². The van der Waals surface area contributed by atoms with Crippen LogP contribution in [0.1, 0.15) is 46.4 Å². The van der Waals surface area contributed by atoms with Crippen LogP contribution in [0.25, 0.3) is 5.69 Å². The molecule has 2 saturated heterocycles. The van der Waals surface area contributed by atoms with Crippen molar-refractivity contribution in [1.29, 1.82) is 0 Å². The summed E-state index contributed by atoms with van der Waals surface area (Å²) < 4.78 is 67.9. The molecule has 4 heterocycles. The van der Waals surface area contributed by atoms with Gasteiger partial charge >= 0.3 is 6.18 Å². The summed E-state index contributed by atoms with van der Waals surface area (Å²) in [5.41, 5.74) is -0.764. The Balaban J connectivity index is 1.42. The highest BCUT2D eigenvalue weighted by molar-refractivity contribution is 5.98. The third kappa shape index (κ3) is 3.72. The van der Waals surface area contributed by atoms with E-state index in [1.54, 1.807) is 17.9 Å². The molecule has 0 radical (unpaired) electrons. The van der Waals surface area contributed by atoms with E-state index in [2.05, 4.69) is 15.2 Å². The van der Waals surface area contributed by atoms with Crippen LogP contribution in [-0.4, -0.2) is 42.9 Å². The van der Waals surface area contributed by atoms with Gasteiger partial charge in [0.15, 0.2) is 5.82 Å². The lowest BCUT2D eigenvalue weighted by Crippen LogP contribution is -2.37. The Kier molecular flexibility index (Phi) is 5.37. The SMILES string of the molecule is Cc1ccc(C(=O)N2C3CCC2C(Cc2ncc(C(F)(F)F)cc2F)C3)c(-n2nccn2)c1F. The van der Waals surface area contributed by atoms with Crippen molar-refractivity contribution in [2.24, 2.45) is 5.92 Å². The van der Waals surface area contributed by atoms with Crippen molar-refractivity contribution >= 4 is 5.91 Å². The molecule has 1 amide bonds. The minimum Gasteiger partial charge on any atom is -0.332 e. The van der Waals surface area contributed by atoms with Crippen molar-refractivity contribution in [3.8, 4) is 5.69 Å². The second kappa shape index (κ2) is 8.14. The molecule has 3 aromatic rings. The molecule has 0 aliphatic carbocycles. The molecular formula is C23H20F5N5O. The van der Waals surface area contributed by atoms with E-state index in [9.17, 15) is 22.4 Å². The Labute approximate surface area is 191 Å². The lowest BCUT2D eigenvalue weighted by atomic mass is 9.85. The number of carbonyl (C=O) groups is 1. The number of amides is 1. The molecule has 3 unspecified atom stereocenters. The van der Waals surface area contributed by atoms with Crippen LogP contribution >= 0.6 is 0 Å². The number of carbonyl (C=O) groups excluding carboxylic acids is 1. The van der Waals surface area contributed by atoms with Gasteiger partial charge in [0.1, 0.15) is 11.5 Å². The predicted octanol–water partition coefficient (Wildman–Crippen LogP) is 4.50. The summed E-state index contributed by atoms with van der Waals surface area (Å²) in [6.45, 7) is 1.58. The van der Waals surface area contributed by atoms with Gasteiger partial charge in [0.25, 0.3) is 5.91 Å². The monoisotopic (exact) mass is 477 g/mol. The van der Waals surface area contributed by atoms with Crippen LogP contribution in [0.3, 0.4) is 0 Å². The van der Waals surface area contributed by atoms with Gasteiger partial charge in [0.05, 0.1) is 29.2 Å². The zero-order valence-electron chi connectivity index (χ0n) is 18.1. The minimum atomic E-state index is -4.67. The molecule has 2 bridgehead atoms. The van der Waals surface area contributed by atoms with Crippen LogP contribution in [0.4, 0.5) is 22.0 Å². The summed E-state index contributed by atoms with van der Waals surface area (Å²) in [5.74, 6) is -2.14. The number of halogens is 5. The van der Waals surface area contributed by atoms with E-state index in [1.807, 2.05) is 0 Å². The highest BCUT2D eigenvalue weighted by Crippen LogP contribution is 2.44. The van der Waals surface area contributed by atoms with Crippen molar-refractivity contribution < 1.29 is 26.7 Å². The summed E-state index contributed by atoms with van der Waals surface area (Å²) in [7, 11) is 0. The third-order valence-corrected chi connectivity index (χ3v) is 6.76. The number of benzene rings is 1. The first-order valence-corrected chi connectivity index (χ1v) is 10.8. The molecule has 0 spiro atoms. The van der Waals surface area contributed by atoms with Crippen molar-refractivity contribution in [3.05, 3.63) is 70.8 Å². The van der Waals surface area contributed by atoms with E-state index in [1.165, 1.54) is 18.5 Å². The fourth-order valence-electron chi connectivity index (χ4n) is 5.17. The molecule has 178 valence electrons. The minimum absolute atomic E-state index is 0.0340. The number of pyridine rings is 1. The number of fused-ring (bicyclic) bond motifs is 2. The standard InChI is InChI=1S/C23H20F5N5O/c1-12-2-4-16(21(20(12)25)33-30-6-7-31-33)22(34)32-15-3-5-19(32)13(8-15)9-18-17(24)10-14(11-29-18)23(26,27)28/h2,4,6-7,10-11,13,15,19H,3,5,8-9H2,1H3. The first kappa shape index (κ1) is 22.4. The summed E-state index contributed by atoms with van der Waals surface area (Å²) in [4.78, 5) is 20.1. The molecule has 0 N–H and O–H groups in total. The van der Waals surface area contributed by atoms with E-state index in [0.29, 0.717) is 30.7 Å². The molecule has 34 heavy (non-hydrogen) atoms. The second-order valence-electron chi connectivity index (χ2n) is 8.77. The fourth-order valence-corrected chi connectivity index (χ4v) is 5.17. The molecule has 6 nitrogen and oxygen atoms in total. The average molecular weight is 477 g/mol. The number of hydrogen-bond donors (Lipinski definition) is 0. The highest BCUT2D eigenvalue weighted by atomic mass is 19.4. The van der Waals surface area contributed by atoms with E-state index in [-0.39, 0.29) is 47.3 Å². The number of aryl methyl sites for hydroxylation is 1. The summed E-state index contributed by atoms with van der Waals surface area (Å²) in [6.07, 6.45) is 0.841. The summed E-state index contributed by atoms with van der Waals surface area (Å²) in [6, 6.07) is 3.15. The second-order valence-corrected chi connectivity index (χ2v) is 8.77. The van der Waals surface area contributed by atoms with Crippen LogP contribution < -0.4 is 0 Å². The molecule has 2 aromatic heterocycles. The van der Waals surface area contributed by atoms with E-state index < -0.39 is 23.4 Å². The molecule has 5 rings (SSSR count). The fraction of sp³-hybridized carbons (Fsp3) is 0.391. The highest BCUT2D eigenvalue weighted by Gasteiger charge is 2.49. The average Bonchev–Trinajstić information content (AvgIpc) is 3.52. The number of hydrogen-bond acceptors (Lipinski definition) is 4. The zero-order chi connectivity index (χ0) is 24.2. The lowest BCUT2D eigenvalue weighted by Gasteiger charge is -2.25. The maximum Gasteiger partial charge on any atom is 0.417 e. The van der Waals surface area contributed by atoms with Gasteiger partial charge in [-0.3, -0.25) is 9.78 Å². The Bertz CT molecular complexity index is 1240. The predicted molar refractivity (Wildman–Crippen MR) is 110 cm³/mol. The van der Waals surface area contributed by atoms with Crippen LogP contribution in [-0.2, 0) is 12.6 Å². The molecular weight excluding hydrogens is 457 g/mol. The quantitative estimate of drug-likeness (QED) is 0.519. The Morgan fingerprint density at radius 2 is 1.88 bits per heavy atom. The van der Waals surface area contributed by atoms with Crippen LogP contribution in [0.2, 0.25) is 0 Å². The van der Waals surface area contributed by atoms with Gasteiger partial charge in [-0.25, -0.2) is 8.78 Å². The van der Waals surface area contributed by atoms with Gasteiger partial charge in [0.2, 0.25) is 0 Å². The molecule has 3 atom stereocenters. The van der Waals surface area contributed by atoms with Crippen molar-refractivity contribution in [2.75, 3.05) is 0 Å². The van der Waals surface area contributed by atoms with Gasteiger partial charge in [-0.05, 0) is 56.2 Å². The number of alkyl halides is 3. The van der Waals surface area contributed by atoms with E-state index in [4.69, 9.17) is 0 Å². The lowest BCUT2D eigenvalue weighted by molar-refractivity contribution is -0.138. The van der Waals surface area contributed by atoms with Crippen LogP contribution in [0, 0.1) is 24.5 Å². The zero-order valence-corrected chi connectivity index (χ0v) is 18.1. The summed E-state index contributed by atoms with van der Waals surface area (Å²) in [5, 5.41) is 7.96. The van der Waals surface area contributed by atoms with Crippen molar-refractivity contribution in [3.63, 3.8) is 0 Å². The Hall–Kier alpha value is -3.37. The first-order chi connectivity index (χ1) is 16.1. The molecule has 1 aromatic carbocycles. The molecule has 11 heteroatoms. The number of rotatable bonds is 4. The van der Waals surface area contributed by atoms with Gasteiger partial charge < -0.3 is 4.90 Å². The largest absolute Gasteiger partial charge is 0.417 e. The Morgan fingerprint density at radius 1 is 1.15 bits per heavy atom. The van der Waals surface area contributed by atoms with Crippen molar-refractivity contribution in [1.82, 2.24) is 24.9 Å². The first-order valence-electron chi connectivity index (χ1n) is 10.8. The molecule has 2 aliphatic heterocycles. The molecule has 0 saturated carbocycles. The Morgan fingerprint density at radius 3 is 2.56 bits per heavy atom.